The van der Waals surface area contributed by atoms with Crippen molar-refractivity contribution in [1.29, 1.82) is 0 Å². The number of morpholine rings is 1. The zero-order valence-electron chi connectivity index (χ0n) is 55.2. The minimum absolute atomic E-state index is 0. The average Bonchev–Trinajstić information content (AvgIpc) is 1.62. The van der Waals surface area contributed by atoms with E-state index >= 15 is 0 Å². The molecule has 34 nitrogen and oxygen atoms in total. The largest absolute Gasteiger partial charge is 1.00 e. The number of aromatic hydroxyl groups is 1. The first kappa shape index (κ1) is 78.5. The Morgan fingerprint density at radius 1 is 0.800 bits per heavy atom. The standard InChI is InChI=1S/C63H82N12O22S2.Na/c1-30-25-74-51(52(30)82)59(89)65-24-38(77)21-41(66-55(85)35-10-8-34(9-11-35)42-29-75-63(67-42)98-60(71-75)36-12-15-40(16-13-36)93-19-7-5-6-18-72-26-31(2)94-32(3)27-72)56(86)68-48(33(4)76)61(90)73-28-39(78)22-43(73)57(87)70-50(58(88)69-49(62(74)91)45(80)23-47(64)81)54(84)53(83)37-14-17-44(79)46(20-37)95-99-97-96-92;/h8-17,20,29-33,38-39,41,43,45,48-54,76-80,82-84,92H,5-7,18-19,21-28H2,1-4H3,(H2,64,81)(H,65,89)(H,66,85)(H,68,86)(H,69,88)(H,70,87);/q;+1/p-1/t30?,31-,32+,33?,38?,39?,41?,43?,45?,48?,49?,50?,51?,52?,53?,54?;. The Hall–Kier alpha value is -7.21. The molecule has 15 N–H and O–H groups in total. The maximum absolute atomic E-state index is 14.7. The minimum atomic E-state index is -2.54. The van der Waals surface area contributed by atoms with Crippen LogP contribution in [0.2, 0.25) is 0 Å². The summed E-state index contributed by atoms with van der Waals surface area (Å²) in [7, 11) is 0. The summed E-state index contributed by atoms with van der Waals surface area (Å²) in [6, 6.07) is 4.21. The van der Waals surface area contributed by atoms with Crippen LogP contribution in [0.5, 0.6) is 17.2 Å². The van der Waals surface area contributed by atoms with E-state index in [1.807, 2.05) is 24.3 Å². The van der Waals surface area contributed by atoms with Crippen molar-refractivity contribution in [3.05, 3.63) is 84.1 Å². The van der Waals surface area contributed by atoms with E-state index in [1.54, 1.807) is 22.8 Å². The summed E-state index contributed by atoms with van der Waals surface area (Å²) in [5.41, 5.74) is 6.94. The molecule has 2 aromatic heterocycles. The van der Waals surface area contributed by atoms with E-state index in [-0.39, 0.29) is 65.2 Å². The molecule has 37 heteroatoms. The van der Waals surface area contributed by atoms with Crippen LogP contribution in [-0.2, 0) is 47.7 Å². The van der Waals surface area contributed by atoms with Gasteiger partial charge in [-0.2, -0.15) is 5.10 Å². The van der Waals surface area contributed by atoms with Gasteiger partial charge in [0.1, 0.15) is 59.2 Å². The molecule has 3 aromatic carbocycles. The van der Waals surface area contributed by atoms with Crippen molar-refractivity contribution < 1.29 is 137 Å². The van der Waals surface area contributed by atoms with Crippen molar-refractivity contribution in [2.75, 3.05) is 45.9 Å². The molecule has 0 saturated carbocycles. The number of phenols is 1. The number of nitrogens with two attached hydrogens (primary N) is 1. The third kappa shape index (κ3) is 19.7. The molecule has 16 atom stereocenters. The molecule has 0 bridgehead atoms. The first-order valence-electron chi connectivity index (χ1n) is 32.0. The summed E-state index contributed by atoms with van der Waals surface area (Å²) in [5, 5.41) is 121. The maximum Gasteiger partial charge on any atom is 1.00 e. The first-order chi connectivity index (χ1) is 47.2. The van der Waals surface area contributed by atoms with E-state index in [2.05, 4.69) is 54.7 Å². The van der Waals surface area contributed by atoms with Gasteiger partial charge in [-0.25, -0.2) is 9.50 Å². The molecular formula is C63H81N12NaO22S2. The molecule has 4 aliphatic heterocycles. The number of aromatic nitrogens is 3. The Morgan fingerprint density at radius 2 is 1.47 bits per heavy atom. The molecule has 9 rings (SSSR count). The summed E-state index contributed by atoms with van der Waals surface area (Å²) < 4.78 is 22.6. The van der Waals surface area contributed by atoms with Crippen LogP contribution in [0.3, 0.4) is 0 Å². The number of fused-ring (bicyclic) bond motifs is 3. The monoisotopic (exact) mass is 1440 g/mol. The molecule has 4 aliphatic rings. The number of carbonyl (C=O) groups is 8. The Morgan fingerprint density at radius 3 is 2.14 bits per heavy atom. The number of aliphatic hydroxyl groups excluding tert-OH is 7. The summed E-state index contributed by atoms with van der Waals surface area (Å²) in [4.78, 5) is 123. The number of phenolic OH excluding ortho intramolecular Hbond substituents is 1. The van der Waals surface area contributed by atoms with Crippen molar-refractivity contribution in [3.8, 4) is 39.1 Å². The molecule has 100 heavy (non-hydrogen) atoms. The fourth-order valence-electron chi connectivity index (χ4n) is 12.4. The Labute approximate surface area is 603 Å². The number of unbranched alkanes of at least 4 members (excludes halogenated alkanes) is 2. The number of nitrogens with zero attached hydrogens (tertiary/aromatic N) is 6. The second-order valence-electron chi connectivity index (χ2n) is 25.1. The molecule has 4 fully saturated rings. The molecule has 14 unspecified atom stereocenters. The molecule has 0 aliphatic carbocycles. The van der Waals surface area contributed by atoms with Crippen LogP contribution in [0.25, 0.3) is 26.8 Å². The van der Waals surface area contributed by atoms with E-state index in [0.717, 1.165) is 85.1 Å². The van der Waals surface area contributed by atoms with Crippen LogP contribution in [-0.4, -0.2) is 248 Å². The van der Waals surface area contributed by atoms with E-state index in [0.29, 0.717) is 27.8 Å². The SMILES string of the molecule is CC(O)C1NC(=O)C(NC(=O)c2ccc(-c3cn4nc(-c5ccc(OCCCCCN6C[C@@H](C)O[C@@H](C)C6)cc5)sc4n3)cc2)CC(O)CNC(=O)C2C(O)C(C)CN2C(=O)C(C(O)CC(N)=O)NC(=O)C(C(O)C(O)c2ccc(O)c(OSOO[O-])c2)NC(=O)C2CC(O)CN2C1=O.[Na+]. The van der Waals surface area contributed by atoms with Crippen molar-refractivity contribution >= 4 is 75.9 Å². The first-order valence-corrected chi connectivity index (χ1v) is 33.5. The number of carbonyl (C=O) groups excluding carboxylic acids is 8. The van der Waals surface area contributed by atoms with Crippen LogP contribution >= 0.6 is 23.7 Å². The number of benzene rings is 3. The van der Waals surface area contributed by atoms with Gasteiger partial charge in [-0.15, -0.1) is 4.33 Å². The number of primary amides is 1. The topological polar surface area (TPSA) is 494 Å². The van der Waals surface area contributed by atoms with Gasteiger partial charge in [-0.1, -0.05) is 36.5 Å². The van der Waals surface area contributed by atoms with Crippen LogP contribution in [0, 0.1) is 5.92 Å². The molecule has 0 spiro atoms. The van der Waals surface area contributed by atoms with E-state index in [9.17, 15) is 84.5 Å². The predicted molar refractivity (Wildman–Crippen MR) is 346 cm³/mol. The van der Waals surface area contributed by atoms with E-state index < -0.39 is 183 Å². The summed E-state index contributed by atoms with van der Waals surface area (Å²) >= 11 is 1.26. The number of amides is 8. The number of aliphatic hydroxyl groups is 7. The fourth-order valence-corrected chi connectivity index (χ4v) is 13.5. The number of β-amino-alcohol motifs (C(OH)–C–C–N with tert-alkyl or cyclic N) is 1. The third-order valence-corrected chi connectivity index (χ3v) is 18.7. The van der Waals surface area contributed by atoms with Gasteiger partial charge in [0, 0.05) is 68.2 Å². The maximum atomic E-state index is 14.7. The molecule has 8 amide bonds. The second kappa shape index (κ2) is 35.6. The number of hydrogen-bond donors (Lipinski definition) is 14. The average molecular weight is 1450 g/mol. The van der Waals surface area contributed by atoms with Crippen LogP contribution in [0.4, 0.5) is 0 Å². The summed E-state index contributed by atoms with van der Waals surface area (Å²) in [5.74, 6) is -11.3. The third-order valence-electron chi connectivity index (χ3n) is 17.4. The van der Waals surface area contributed by atoms with E-state index in [1.165, 1.54) is 30.4 Å². The van der Waals surface area contributed by atoms with Crippen molar-refractivity contribution in [3.63, 3.8) is 0 Å². The Kier molecular flexibility index (Phi) is 27.9. The molecule has 538 valence electrons. The normalized spacial score (nSPS) is 26.5. The zero-order chi connectivity index (χ0) is 71.5. The molecule has 5 aromatic rings. The smallest absolute Gasteiger partial charge is 0.691 e. The number of ether oxygens (including phenoxy) is 2. The van der Waals surface area contributed by atoms with E-state index in [4.69, 9.17) is 29.5 Å². The Bertz CT molecular complexity index is 3630. The minimum Gasteiger partial charge on any atom is -0.691 e. The van der Waals surface area contributed by atoms with Crippen LogP contribution in [0.1, 0.15) is 88.2 Å². The van der Waals surface area contributed by atoms with Gasteiger partial charge in [-0.3, -0.25) is 48.3 Å². The van der Waals surface area contributed by atoms with Gasteiger partial charge in [-0.05, 0) is 101 Å². The van der Waals surface area contributed by atoms with Crippen LogP contribution < -0.4 is 76.1 Å². The van der Waals surface area contributed by atoms with Gasteiger partial charge in [0.15, 0.2) is 11.5 Å². The second-order valence-corrected chi connectivity index (χ2v) is 26.5. The van der Waals surface area contributed by atoms with Gasteiger partial charge in [0.2, 0.25) is 46.3 Å². The number of imidazole rings is 1. The van der Waals surface area contributed by atoms with Crippen molar-refractivity contribution in [2.45, 2.75) is 157 Å². The number of rotatable bonds is 22. The number of hydrogen-bond acceptors (Lipinski definition) is 27. The number of nitrogens with one attached hydrogen (secondary N) is 5. The molecule has 0 radical (unpaired) electrons. The van der Waals surface area contributed by atoms with Gasteiger partial charge in [0.25, 0.3) is 18.2 Å². The van der Waals surface area contributed by atoms with Gasteiger partial charge in [0.05, 0.1) is 67.6 Å². The molecule has 4 saturated heterocycles. The fraction of sp³-hybridized carbons (Fsp3) is 0.524. The summed E-state index contributed by atoms with van der Waals surface area (Å²) in [6.07, 6.45) is -11.0. The quantitative estimate of drug-likeness (QED) is 0.0101. The van der Waals surface area contributed by atoms with Crippen molar-refractivity contribution in [1.82, 2.24) is 55.9 Å². The zero-order valence-corrected chi connectivity index (χ0v) is 58.9. The predicted octanol–water partition coefficient (Wildman–Crippen LogP) is -6.03. The van der Waals surface area contributed by atoms with Crippen LogP contribution in [0.15, 0.2) is 72.9 Å². The van der Waals surface area contributed by atoms with Gasteiger partial charge >= 0.3 is 29.6 Å². The van der Waals surface area contributed by atoms with Gasteiger partial charge < -0.3 is 102 Å². The molecular weight excluding hydrogens is 1360 g/mol. The Balaban J connectivity index is 0.0000127. The molecule has 6 heterocycles. The summed E-state index contributed by atoms with van der Waals surface area (Å²) in [6.45, 7) is 8.39. The van der Waals surface area contributed by atoms with Crippen molar-refractivity contribution in [2.24, 2.45) is 11.7 Å².